The summed E-state index contributed by atoms with van der Waals surface area (Å²) in [5, 5.41) is 0. The molecule has 0 heterocycles. The zero-order valence-corrected chi connectivity index (χ0v) is 5.80. The quantitative estimate of drug-likeness (QED) is 0.417. The van der Waals surface area contributed by atoms with E-state index < -0.39 is 15.1 Å². The van der Waals surface area contributed by atoms with Gasteiger partial charge in [0.15, 0.2) is 0 Å². The van der Waals surface area contributed by atoms with Crippen LogP contribution in [-0.2, 0) is 10.1 Å². The Labute approximate surface area is 45.1 Å². The van der Waals surface area contributed by atoms with Gasteiger partial charge in [0, 0.05) is 0 Å². The molecule has 44 valence electrons. The molecule has 0 bridgehead atoms. The van der Waals surface area contributed by atoms with Gasteiger partial charge >= 0.3 is 0 Å². The van der Waals surface area contributed by atoms with E-state index in [9.17, 15) is 8.42 Å². The molecular weight excluding hydrogens is 135 g/mol. The standard InChI is InChI=1S/C2H7O3PS/c1-2(6)7(3,4)5/h2H,6H2,1H3,(H,3,4,5). The minimum atomic E-state index is -3.78. The van der Waals surface area contributed by atoms with E-state index in [1.165, 1.54) is 6.92 Å². The first-order valence-corrected chi connectivity index (χ1v) is 3.83. The van der Waals surface area contributed by atoms with Crippen LogP contribution < -0.4 is 0 Å². The highest BCUT2D eigenvalue weighted by molar-refractivity contribution is 7.90. The van der Waals surface area contributed by atoms with Crippen LogP contribution in [0.5, 0.6) is 0 Å². The predicted octanol–water partition coefficient (Wildman–Crippen LogP) is 0.0953. The van der Waals surface area contributed by atoms with Gasteiger partial charge in [0.25, 0.3) is 10.1 Å². The molecule has 0 spiro atoms. The SMILES string of the molecule is CC(P)S(=O)(=O)O. The second-order valence-electron chi connectivity index (χ2n) is 1.22. The van der Waals surface area contributed by atoms with Crippen molar-refractivity contribution >= 4 is 19.4 Å². The molecule has 0 fully saturated rings. The third-order valence-electron chi connectivity index (χ3n) is 0.470. The molecule has 0 aliphatic rings. The van der Waals surface area contributed by atoms with Crippen molar-refractivity contribution < 1.29 is 13.0 Å². The van der Waals surface area contributed by atoms with E-state index in [-0.39, 0.29) is 0 Å². The first kappa shape index (κ1) is 7.34. The van der Waals surface area contributed by atoms with Gasteiger partial charge in [-0.1, -0.05) is 0 Å². The Morgan fingerprint density at radius 3 is 1.86 bits per heavy atom. The molecule has 0 radical (unpaired) electrons. The van der Waals surface area contributed by atoms with Crippen molar-refractivity contribution in [2.45, 2.75) is 11.9 Å². The van der Waals surface area contributed by atoms with Gasteiger partial charge in [-0.15, -0.1) is 9.24 Å². The zero-order chi connectivity index (χ0) is 6.08. The van der Waals surface area contributed by atoms with E-state index >= 15 is 0 Å². The molecular formula is C2H7O3PS. The molecule has 2 atom stereocenters. The first-order chi connectivity index (χ1) is 2.94. The van der Waals surface area contributed by atoms with E-state index in [2.05, 4.69) is 0 Å². The zero-order valence-electron chi connectivity index (χ0n) is 3.83. The molecule has 0 aromatic heterocycles. The molecule has 5 heteroatoms. The predicted molar refractivity (Wildman–Crippen MR) is 30.7 cm³/mol. The maximum atomic E-state index is 9.87. The highest BCUT2D eigenvalue weighted by atomic mass is 32.2. The van der Waals surface area contributed by atoms with Crippen molar-refractivity contribution in [1.82, 2.24) is 0 Å². The third kappa shape index (κ3) is 2.97. The minimum Gasteiger partial charge on any atom is -0.285 e. The Morgan fingerprint density at radius 2 is 1.86 bits per heavy atom. The first-order valence-electron chi connectivity index (χ1n) is 1.66. The summed E-state index contributed by atoms with van der Waals surface area (Å²) < 4.78 is 27.8. The van der Waals surface area contributed by atoms with E-state index in [1.807, 2.05) is 9.24 Å². The van der Waals surface area contributed by atoms with Gasteiger partial charge in [0.05, 0.1) is 4.99 Å². The number of rotatable bonds is 1. The molecule has 0 amide bonds. The van der Waals surface area contributed by atoms with E-state index in [1.54, 1.807) is 0 Å². The summed E-state index contributed by atoms with van der Waals surface area (Å²) in [4.78, 5) is -0.757. The average molecular weight is 142 g/mol. The molecule has 1 N–H and O–H groups in total. The number of hydrogen-bond acceptors (Lipinski definition) is 2. The van der Waals surface area contributed by atoms with Crippen LogP contribution in [0.4, 0.5) is 0 Å². The average Bonchev–Trinajstić information content (AvgIpc) is 1.31. The van der Waals surface area contributed by atoms with Crippen molar-refractivity contribution in [3.63, 3.8) is 0 Å². The van der Waals surface area contributed by atoms with Crippen molar-refractivity contribution in [3.8, 4) is 0 Å². The molecule has 0 aromatic rings. The summed E-state index contributed by atoms with van der Waals surface area (Å²) in [7, 11) is -1.81. The lowest BCUT2D eigenvalue weighted by Crippen LogP contribution is -2.07. The Kier molecular flexibility index (Phi) is 2.17. The minimum absolute atomic E-state index is 0.757. The molecule has 0 saturated carbocycles. The van der Waals surface area contributed by atoms with Gasteiger partial charge in [-0.05, 0) is 6.92 Å². The smallest absolute Gasteiger partial charge is 0.271 e. The second kappa shape index (κ2) is 2.07. The van der Waals surface area contributed by atoms with Gasteiger partial charge in [0.2, 0.25) is 0 Å². The van der Waals surface area contributed by atoms with Crippen molar-refractivity contribution in [2.75, 3.05) is 0 Å². The van der Waals surface area contributed by atoms with E-state index in [0.717, 1.165) is 0 Å². The Balaban J connectivity index is 4.10. The third-order valence-corrected chi connectivity index (χ3v) is 2.44. The van der Waals surface area contributed by atoms with Gasteiger partial charge in [-0.2, -0.15) is 8.42 Å². The normalized spacial score (nSPS) is 16.4. The van der Waals surface area contributed by atoms with E-state index in [0.29, 0.717) is 0 Å². The summed E-state index contributed by atoms with van der Waals surface area (Å²) in [6.07, 6.45) is 0. The highest BCUT2D eigenvalue weighted by Gasteiger charge is 2.08. The van der Waals surface area contributed by atoms with Gasteiger partial charge in [-0.25, -0.2) is 0 Å². The largest absolute Gasteiger partial charge is 0.285 e. The monoisotopic (exact) mass is 142 g/mol. The summed E-state index contributed by atoms with van der Waals surface area (Å²) in [6.45, 7) is 1.38. The lowest BCUT2D eigenvalue weighted by Gasteiger charge is -1.94. The highest BCUT2D eigenvalue weighted by Crippen LogP contribution is 2.03. The van der Waals surface area contributed by atoms with Gasteiger partial charge in [-0.3, -0.25) is 4.55 Å². The lowest BCUT2D eigenvalue weighted by atomic mass is 11.0. The molecule has 2 unspecified atom stereocenters. The Bertz CT molecular complexity index is 135. The van der Waals surface area contributed by atoms with Crippen molar-refractivity contribution in [1.29, 1.82) is 0 Å². The molecule has 0 aliphatic heterocycles. The second-order valence-corrected chi connectivity index (χ2v) is 4.48. The summed E-state index contributed by atoms with van der Waals surface area (Å²) in [6, 6.07) is 0. The van der Waals surface area contributed by atoms with Crippen LogP contribution in [0.2, 0.25) is 0 Å². The van der Waals surface area contributed by atoms with Crippen LogP contribution in [0.1, 0.15) is 6.92 Å². The Hall–Kier alpha value is 0.340. The lowest BCUT2D eigenvalue weighted by molar-refractivity contribution is 0.482. The van der Waals surface area contributed by atoms with Crippen LogP contribution >= 0.6 is 9.24 Å². The molecule has 0 aliphatic carbocycles. The summed E-state index contributed by atoms with van der Waals surface area (Å²) in [5.74, 6) is 0. The fourth-order valence-electron chi connectivity index (χ4n) is 0. The van der Waals surface area contributed by atoms with Crippen LogP contribution in [-0.4, -0.2) is 18.0 Å². The molecule has 3 nitrogen and oxygen atoms in total. The summed E-state index contributed by atoms with van der Waals surface area (Å²) >= 11 is 0. The van der Waals surface area contributed by atoms with Gasteiger partial charge in [0.1, 0.15) is 0 Å². The van der Waals surface area contributed by atoms with Crippen LogP contribution in [0.3, 0.4) is 0 Å². The fraction of sp³-hybridized carbons (Fsp3) is 1.00. The maximum absolute atomic E-state index is 9.87. The van der Waals surface area contributed by atoms with Crippen molar-refractivity contribution in [3.05, 3.63) is 0 Å². The Morgan fingerprint density at radius 1 is 1.71 bits per heavy atom. The summed E-state index contributed by atoms with van der Waals surface area (Å²) in [5.41, 5.74) is 0. The van der Waals surface area contributed by atoms with E-state index in [4.69, 9.17) is 4.55 Å². The van der Waals surface area contributed by atoms with Crippen LogP contribution in [0, 0.1) is 0 Å². The molecule has 0 aromatic carbocycles. The van der Waals surface area contributed by atoms with Crippen LogP contribution in [0.25, 0.3) is 0 Å². The topological polar surface area (TPSA) is 54.4 Å². The molecule has 0 rings (SSSR count). The van der Waals surface area contributed by atoms with Crippen molar-refractivity contribution in [2.24, 2.45) is 0 Å². The maximum Gasteiger partial charge on any atom is 0.271 e. The van der Waals surface area contributed by atoms with Crippen LogP contribution in [0.15, 0.2) is 0 Å². The number of hydrogen-bond donors (Lipinski definition) is 1. The molecule has 0 saturated heterocycles. The fourth-order valence-corrected chi connectivity index (χ4v) is 0. The van der Waals surface area contributed by atoms with Gasteiger partial charge < -0.3 is 0 Å². The molecule has 7 heavy (non-hydrogen) atoms.